The van der Waals surface area contributed by atoms with Crippen molar-refractivity contribution in [1.29, 1.82) is 0 Å². The molecule has 108 valence electrons. The van der Waals surface area contributed by atoms with Gasteiger partial charge in [0.05, 0.1) is 0 Å². The molecule has 21 heavy (non-hydrogen) atoms. The zero-order chi connectivity index (χ0) is 15.4. The number of nitrogens with zero attached hydrogens (tertiary/aromatic N) is 2. The van der Waals surface area contributed by atoms with Crippen LogP contribution < -0.4 is 16.6 Å². The van der Waals surface area contributed by atoms with Crippen molar-refractivity contribution in [3.05, 3.63) is 64.1 Å². The molecule has 1 aromatic carbocycles. The van der Waals surface area contributed by atoms with Gasteiger partial charge in [0.25, 0.3) is 11.5 Å². The summed E-state index contributed by atoms with van der Waals surface area (Å²) in [6.07, 6.45) is 0. The molecule has 0 bridgehead atoms. The number of carbonyl (C=O) groups excluding carboxylic acids is 2. The van der Waals surface area contributed by atoms with Crippen molar-refractivity contribution >= 4 is 11.8 Å². The summed E-state index contributed by atoms with van der Waals surface area (Å²) in [5.74, 6) is -1.27. The third kappa shape index (κ3) is 3.33. The number of aryl methyl sites for hydroxylation is 1. The first kappa shape index (κ1) is 14.4. The fourth-order valence-corrected chi connectivity index (χ4v) is 1.79. The van der Waals surface area contributed by atoms with Crippen LogP contribution in [0.5, 0.6) is 0 Å². The minimum absolute atomic E-state index is 0.0271. The number of hydrogen-bond donors (Lipinski definition) is 2. The van der Waals surface area contributed by atoms with Gasteiger partial charge in [-0.3, -0.25) is 14.4 Å². The van der Waals surface area contributed by atoms with Crippen LogP contribution in [0.2, 0.25) is 0 Å². The van der Waals surface area contributed by atoms with Gasteiger partial charge in [0.15, 0.2) is 0 Å². The lowest BCUT2D eigenvalue weighted by Crippen LogP contribution is -2.38. The van der Waals surface area contributed by atoms with Gasteiger partial charge in [-0.25, -0.2) is 4.68 Å². The second-order valence-electron chi connectivity index (χ2n) is 4.40. The number of hydrogen-bond acceptors (Lipinski definition) is 4. The van der Waals surface area contributed by atoms with Crippen LogP contribution in [0.15, 0.2) is 47.3 Å². The molecule has 0 aliphatic rings. The number of carbonyl (C=O) groups is 2. The Labute approximate surface area is 120 Å². The number of primary amides is 1. The van der Waals surface area contributed by atoms with Gasteiger partial charge in [-0.1, -0.05) is 30.3 Å². The van der Waals surface area contributed by atoms with E-state index in [2.05, 4.69) is 10.4 Å². The molecule has 0 aliphatic carbocycles. The predicted molar refractivity (Wildman–Crippen MR) is 75.3 cm³/mol. The lowest BCUT2D eigenvalue weighted by atomic mass is 10.1. The van der Waals surface area contributed by atoms with E-state index in [1.165, 1.54) is 19.2 Å². The highest BCUT2D eigenvalue weighted by molar-refractivity contribution is 5.96. The van der Waals surface area contributed by atoms with E-state index < -0.39 is 17.9 Å². The molecule has 1 atom stereocenters. The summed E-state index contributed by atoms with van der Waals surface area (Å²) in [5, 5.41) is 6.32. The van der Waals surface area contributed by atoms with Gasteiger partial charge in [-0.05, 0) is 11.6 Å². The molecule has 2 aromatic rings. The molecule has 1 aromatic heterocycles. The van der Waals surface area contributed by atoms with Crippen LogP contribution in [0.1, 0.15) is 22.1 Å². The van der Waals surface area contributed by atoms with E-state index in [0.717, 1.165) is 4.68 Å². The maximum absolute atomic E-state index is 12.1. The van der Waals surface area contributed by atoms with Gasteiger partial charge >= 0.3 is 0 Å². The minimum atomic E-state index is -0.960. The molecule has 0 fully saturated rings. The molecule has 3 N–H and O–H groups in total. The van der Waals surface area contributed by atoms with E-state index in [1.54, 1.807) is 30.3 Å². The molecule has 1 unspecified atom stereocenters. The third-order valence-electron chi connectivity index (χ3n) is 2.89. The van der Waals surface area contributed by atoms with Crippen molar-refractivity contribution in [2.45, 2.75) is 6.04 Å². The molecule has 7 nitrogen and oxygen atoms in total. The largest absolute Gasteiger partial charge is 0.368 e. The Hall–Kier alpha value is -2.96. The highest BCUT2D eigenvalue weighted by atomic mass is 16.2. The van der Waals surface area contributed by atoms with Crippen LogP contribution in [0.3, 0.4) is 0 Å². The van der Waals surface area contributed by atoms with Crippen molar-refractivity contribution < 1.29 is 9.59 Å². The molecular weight excluding hydrogens is 272 g/mol. The van der Waals surface area contributed by atoms with Crippen LogP contribution in [0, 0.1) is 0 Å². The Bertz CT molecular complexity index is 724. The number of aromatic nitrogens is 2. The first-order valence-electron chi connectivity index (χ1n) is 6.18. The highest BCUT2D eigenvalue weighted by Crippen LogP contribution is 2.12. The first-order valence-corrected chi connectivity index (χ1v) is 6.18. The maximum atomic E-state index is 12.1. The van der Waals surface area contributed by atoms with Crippen molar-refractivity contribution in [3.8, 4) is 0 Å². The number of nitrogens with one attached hydrogen (secondary N) is 1. The summed E-state index contributed by atoms with van der Waals surface area (Å²) in [6, 6.07) is 10.2. The van der Waals surface area contributed by atoms with Crippen LogP contribution >= 0.6 is 0 Å². The van der Waals surface area contributed by atoms with E-state index >= 15 is 0 Å². The Morgan fingerprint density at radius 3 is 2.43 bits per heavy atom. The summed E-state index contributed by atoms with van der Waals surface area (Å²) in [6.45, 7) is 0. The quantitative estimate of drug-likeness (QED) is 0.807. The summed E-state index contributed by atoms with van der Waals surface area (Å²) in [5.41, 5.74) is 5.59. The molecule has 0 saturated heterocycles. The second-order valence-corrected chi connectivity index (χ2v) is 4.40. The van der Waals surface area contributed by atoms with Crippen molar-refractivity contribution in [2.75, 3.05) is 0 Å². The zero-order valence-electron chi connectivity index (χ0n) is 11.3. The van der Waals surface area contributed by atoms with Crippen molar-refractivity contribution in [1.82, 2.24) is 15.1 Å². The van der Waals surface area contributed by atoms with Crippen LogP contribution in [0.25, 0.3) is 0 Å². The van der Waals surface area contributed by atoms with E-state index in [-0.39, 0.29) is 11.3 Å². The lowest BCUT2D eigenvalue weighted by Gasteiger charge is -2.15. The van der Waals surface area contributed by atoms with Crippen LogP contribution in [-0.2, 0) is 11.8 Å². The maximum Gasteiger partial charge on any atom is 0.272 e. The Morgan fingerprint density at radius 2 is 1.86 bits per heavy atom. The van der Waals surface area contributed by atoms with Gasteiger partial charge in [0, 0.05) is 13.1 Å². The summed E-state index contributed by atoms with van der Waals surface area (Å²) >= 11 is 0. The summed E-state index contributed by atoms with van der Waals surface area (Å²) in [4.78, 5) is 34.9. The third-order valence-corrected chi connectivity index (χ3v) is 2.89. The Kier molecular flexibility index (Phi) is 4.13. The molecule has 7 heteroatoms. The van der Waals surface area contributed by atoms with Gasteiger partial charge in [0.1, 0.15) is 11.7 Å². The van der Waals surface area contributed by atoms with E-state index in [1.807, 2.05) is 0 Å². The lowest BCUT2D eigenvalue weighted by molar-refractivity contribution is -0.120. The van der Waals surface area contributed by atoms with Gasteiger partial charge in [-0.15, -0.1) is 0 Å². The first-order chi connectivity index (χ1) is 9.99. The number of amides is 2. The Morgan fingerprint density at radius 1 is 1.19 bits per heavy atom. The fourth-order valence-electron chi connectivity index (χ4n) is 1.79. The van der Waals surface area contributed by atoms with Gasteiger partial charge in [-0.2, -0.15) is 5.10 Å². The molecule has 0 radical (unpaired) electrons. The average molecular weight is 286 g/mol. The smallest absolute Gasteiger partial charge is 0.272 e. The van der Waals surface area contributed by atoms with E-state index in [4.69, 9.17) is 5.73 Å². The molecule has 0 saturated carbocycles. The van der Waals surface area contributed by atoms with E-state index in [0.29, 0.717) is 5.56 Å². The molecule has 2 rings (SSSR count). The fraction of sp³-hybridized carbons (Fsp3) is 0.143. The molecule has 2 amide bonds. The van der Waals surface area contributed by atoms with Crippen molar-refractivity contribution in [2.24, 2.45) is 12.8 Å². The number of benzene rings is 1. The standard InChI is InChI=1S/C14H14N4O3/c1-18-11(19)8-7-10(17-18)14(21)16-12(13(15)20)9-5-3-2-4-6-9/h2-8,12H,1H3,(H2,15,20)(H,16,21). The normalized spacial score (nSPS) is 11.7. The summed E-state index contributed by atoms with van der Waals surface area (Å²) < 4.78 is 1.04. The molecule has 0 aliphatic heterocycles. The SMILES string of the molecule is Cn1nc(C(=O)NC(C(N)=O)c2ccccc2)ccc1=O. The molecule has 1 heterocycles. The topological polar surface area (TPSA) is 107 Å². The predicted octanol–water partition coefficient (Wildman–Crippen LogP) is -0.263. The van der Waals surface area contributed by atoms with Crippen molar-refractivity contribution in [3.63, 3.8) is 0 Å². The molecule has 0 spiro atoms. The van der Waals surface area contributed by atoms with E-state index in [9.17, 15) is 14.4 Å². The molecular formula is C14H14N4O3. The minimum Gasteiger partial charge on any atom is -0.368 e. The number of rotatable bonds is 4. The van der Waals surface area contributed by atoms with Gasteiger partial charge < -0.3 is 11.1 Å². The zero-order valence-corrected chi connectivity index (χ0v) is 11.3. The average Bonchev–Trinajstić information content (AvgIpc) is 2.48. The number of nitrogens with two attached hydrogens (primary N) is 1. The van der Waals surface area contributed by atoms with Crippen LogP contribution in [-0.4, -0.2) is 21.6 Å². The summed E-state index contributed by atoms with van der Waals surface area (Å²) in [7, 11) is 1.43. The Balaban J connectivity index is 2.25. The highest BCUT2D eigenvalue weighted by Gasteiger charge is 2.21. The van der Waals surface area contributed by atoms with Crippen LogP contribution in [0.4, 0.5) is 0 Å². The van der Waals surface area contributed by atoms with Gasteiger partial charge in [0.2, 0.25) is 5.91 Å². The second kappa shape index (κ2) is 6.00. The monoisotopic (exact) mass is 286 g/mol.